The average molecular weight is 259 g/mol. The Kier molecular flexibility index (Phi) is 3.61. The van der Waals surface area contributed by atoms with Gasteiger partial charge in [-0.1, -0.05) is 0 Å². The largest absolute Gasteiger partial charge is 0.464 e. The van der Waals surface area contributed by atoms with E-state index in [2.05, 4.69) is 14.7 Å². The normalized spacial score (nSPS) is 10.0. The monoisotopic (exact) mass is 259 g/mol. The Bertz CT molecular complexity index is 614. The number of hydrogen-bond donors (Lipinski definition) is 1. The van der Waals surface area contributed by atoms with Gasteiger partial charge in [0.05, 0.1) is 12.8 Å². The second kappa shape index (κ2) is 5.34. The van der Waals surface area contributed by atoms with Gasteiger partial charge in [-0.25, -0.2) is 14.8 Å². The minimum atomic E-state index is -0.582. The number of ether oxygens (including phenoxy) is 2. The summed E-state index contributed by atoms with van der Waals surface area (Å²) >= 11 is 0. The highest BCUT2D eigenvalue weighted by atomic mass is 16.5. The maximum Gasteiger partial charge on any atom is 0.360 e. The number of carbonyl (C=O) groups is 1. The summed E-state index contributed by atoms with van der Waals surface area (Å²) in [4.78, 5) is 19.5. The van der Waals surface area contributed by atoms with Crippen molar-refractivity contribution < 1.29 is 14.3 Å². The second-order valence-corrected chi connectivity index (χ2v) is 3.85. The van der Waals surface area contributed by atoms with Crippen molar-refractivity contribution in [1.29, 1.82) is 0 Å². The first kappa shape index (κ1) is 12.8. The van der Waals surface area contributed by atoms with Crippen LogP contribution in [-0.4, -0.2) is 23.0 Å². The molecule has 98 valence electrons. The van der Waals surface area contributed by atoms with E-state index in [0.29, 0.717) is 5.69 Å². The van der Waals surface area contributed by atoms with Crippen molar-refractivity contribution >= 4 is 11.7 Å². The molecule has 6 heteroatoms. The number of rotatable bonds is 3. The second-order valence-electron chi connectivity index (χ2n) is 3.85. The van der Waals surface area contributed by atoms with E-state index in [1.807, 2.05) is 6.92 Å². The lowest BCUT2D eigenvalue weighted by Crippen LogP contribution is -2.07. The predicted molar refractivity (Wildman–Crippen MR) is 69.0 cm³/mol. The van der Waals surface area contributed by atoms with Crippen LogP contribution in [0.25, 0.3) is 0 Å². The molecule has 0 saturated carbocycles. The van der Waals surface area contributed by atoms with E-state index in [0.717, 1.165) is 5.56 Å². The summed E-state index contributed by atoms with van der Waals surface area (Å²) in [5.41, 5.74) is 7.19. The third-order valence-electron chi connectivity index (χ3n) is 2.37. The van der Waals surface area contributed by atoms with Gasteiger partial charge in [0.1, 0.15) is 0 Å². The van der Waals surface area contributed by atoms with Gasteiger partial charge in [-0.15, -0.1) is 0 Å². The maximum absolute atomic E-state index is 11.5. The van der Waals surface area contributed by atoms with Crippen LogP contribution in [0, 0.1) is 6.92 Å². The molecule has 2 aromatic rings. The minimum Gasteiger partial charge on any atom is -0.464 e. The molecule has 0 atom stereocenters. The van der Waals surface area contributed by atoms with Gasteiger partial charge >= 0.3 is 5.97 Å². The van der Waals surface area contributed by atoms with E-state index in [1.54, 1.807) is 24.4 Å². The first-order valence-corrected chi connectivity index (χ1v) is 5.55. The highest BCUT2D eigenvalue weighted by Crippen LogP contribution is 2.27. The van der Waals surface area contributed by atoms with Crippen LogP contribution in [0.3, 0.4) is 0 Å². The standard InChI is InChI=1S/C13H13N3O3/c1-8-6-9(14)12(16-7-8)19-10-4-3-5-15-11(10)13(17)18-2/h3-7H,14H2,1-2H3. The van der Waals surface area contributed by atoms with Crippen LogP contribution < -0.4 is 10.5 Å². The number of esters is 1. The molecule has 0 aliphatic carbocycles. The Morgan fingerprint density at radius 2 is 2.16 bits per heavy atom. The van der Waals surface area contributed by atoms with Gasteiger partial charge in [0.15, 0.2) is 11.4 Å². The van der Waals surface area contributed by atoms with Crippen LogP contribution in [0.1, 0.15) is 16.1 Å². The molecular formula is C13H13N3O3. The lowest BCUT2D eigenvalue weighted by Gasteiger charge is -2.09. The van der Waals surface area contributed by atoms with Crippen LogP contribution in [0.5, 0.6) is 11.6 Å². The Morgan fingerprint density at radius 3 is 2.84 bits per heavy atom. The van der Waals surface area contributed by atoms with E-state index in [1.165, 1.54) is 13.3 Å². The number of aromatic nitrogens is 2. The average Bonchev–Trinajstić information content (AvgIpc) is 2.41. The molecule has 0 saturated heterocycles. The summed E-state index contributed by atoms with van der Waals surface area (Å²) in [7, 11) is 1.28. The van der Waals surface area contributed by atoms with Gasteiger partial charge < -0.3 is 15.2 Å². The third kappa shape index (κ3) is 2.79. The molecule has 19 heavy (non-hydrogen) atoms. The first-order chi connectivity index (χ1) is 9.11. The summed E-state index contributed by atoms with van der Waals surface area (Å²) in [5, 5.41) is 0. The van der Waals surface area contributed by atoms with Gasteiger partial charge in [0.2, 0.25) is 5.88 Å². The summed E-state index contributed by atoms with van der Waals surface area (Å²) in [6.07, 6.45) is 3.10. The molecule has 2 N–H and O–H groups in total. The fraction of sp³-hybridized carbons (Fsp3) is 0.154. The minimum absolute atomic E-state index is 0.0757. The van der Waals surface area contributed by atoms with Gasteiger partial charge in [0, 0.05) is 12.4 Å². The van der Waals surface area contributed by atoms with E-state index < -0.39 is 5.97 Å². The Labute approximate surface area is 110 Å². The molecule has 0 spiro atoms. The maximum atomic E-state index is 11.5. The molecule has 0 aromatic carbocycles. The molecule has 0 amide bonds. The van der Waals surface area contributed by atoms with E-state index in [-0.39, 0.29) is 17.3 Å². The summed E-state index contributed by atoms with van der Waals surface area (Å²) in [6, 6.07) is 4.98. The van der Waals surface area contributed by atoms with Crippen LogP contribution >= 0.6 is 0 Å². The lowest BCUT2D eigenvalue weighted by atomic mass is 10.3. The van der Waals surface area contributed by atoms with E-state index in [9.17, 15) is 4.79 Å². The van der Waals surface area contributed by atoms with Crippen molar-refractivity contribution in [3.05, 3.63) is 41.9 Å². The highest BCUT2D eigenvalue weighted by molar-refractivity contribution is 5.90. The quantitative estimate of drug-likeness (QED) is 0.847. The van der Waals surface area contributed by atoms with Gasteiger partial charge in [-0.2, -0.15) is 0 Å². The van der Waals surface area contributed by atoms with E-state index in [4.69, 9.17) is 10.5 Å². The number of anilines is 1. The number of aryl methyl sites for hydroxylation is 1. The molecular weight excluding hydrogens is 246 g/mol. The molecule has 0 unspecified atom stereocenters. The number of nitrogen functional groups attached to an aromatic ring is 1. The SMILES string of the molecule is COC(=O)c1ncccc1Oc1ncc(C)cc1N. The number of hydrogen-bond acceptors (Lipinski definition) is 6. The molecule has 0 bridgehead atoms. The zero-order valence-corrected chi connectivity index (χ0v) is 10.6. The number of nitrogens with two attached hydrogens (primary N) is 1. The highest BCUT2D eigenvalue weighted by Gasteiger charge is 2.16. The summed E-state index contributed by atoms with van der Waals surface area (Å²) < 4.78 is 10.1. The fourth-order valence-corrected chi connectivity index (χ4v) is 1.49. The Morgan fingerprint density at radius 1 is 1.37 bits per heavy atom. The predicted octanol–water partition coefficient (Wildman–Crippen LogP) is 1.95. The first-order valence-electron chi connectivity index (χ1n) is 5.55. The van der Waals surface area contributed by atoms with Crippen molar-refractivity contribution in [3.63, 3.8) is 0 Å². The van der Waals surface area contributed by atoms with Crippen molar-refractivity contribution in [2.45, 2.75) is 6.92 Å². The van der Waals surface area contributed by atoms with Crippen molar-refractivity contribution in [3.8, 4) is 11.6 Å². The van der Waals surface area contributed by atoms with Gasteiger partial charge in [-0.05, 0) is 30.7 Å². The molecule has 0 radical (unpaired) electrons. The molecule has 0 fully saturated rings. The smallest absolute Gasteiger partial charge is 0.360 e. The summed E-state index contributed by atoms with van der Waals surface area (Å²) in [5.74, 6) is -0.109. The zero-order valence-electron chi connectivity index (χ0n) is 10.6. The number of nitrogens with zero attached hydrogens (tertiary/aromatic N) is 2. The Hall–Kier alpha value is -2.63. The van der Waals surface area contributed by atoms with Crippen LogP contribution in [0.2, 0.25) is 0 Å². The Balaban J connectivity index is 2.35. The number of methoxy groups -OCH3 is 1. The number of pyridine rings is 2. The van der Waals surface area contributed by atoms with Gasteiger partial charge in [0.25, 0.3) is 0 Å². The molecule has 6 nitrogen and oxygen atoms in total. The molecule has 0 aliphatic heterocycles. The fourth-order valence-electron chi connectivity index (χ4n) is 1.49. The van der Waals surface area contributed by atoms with Crippen molar-refractivity contribution in [1.82, 2.24) is 9.97 Å². The number of carbonyl (C=O) groups excluding carboxylic acids is 1. The molecule has 2 aromatic heterocycles. The summed E-state index contributed by atoms with van der Waals surface area (Å²) in [6.45, 7) is 1.87. The zero-order chi connectivity index (χ0) is 13.8. The van der Waals surface area contributed by atoms with Crippen molar-refractivity contribution in [2.24, 2.45) is 0 Å². The van der Waals surface area contributed by atoms with Crippen LogP contribution in [0.15, 0.2) is 30.6 Å². The van der Waals surface area contributed by atoms with Crippen LogP contribution in [0.4, 0.5) is 5.69 Å². The third-order valence-corrected chi connectivity index (χ3v) is 2.37. The molecule has 2 heterocycles. The molecule has 0 aliphatic rings. The molecule has 2 rings (SSSR count). The van der Waals surface area contributed by atoms with Crippen LogP contribution in [-0.2, 0) is 4.74 Å². The topological polar surface area (TPSA) is 87.3 Å². The van der Waals surface area contributed by atoms with Crippen molar-refractivity contribution in [2.75, 3.05) is 12.8 Å². The van der Waals surface area contributed by atoms with Gasteiger partial charge in [-0.3, -0.25) is 0 Å². The lowest BCUT2D eigenvalue weighted by molar-refractivity contribution is 0.0591. The van der Waals surface area contributed by atoms with E-state index >= 15 is 0 Å².